The maximum atomic E-state index is 12.4. The van der Waals surface area contributed by atoms with Crippen LogP contribution in [-0.4, -0.2) is 34.2 Å². The highest BCUT2D eigenvalue weighted by molar-refractivity contribution is 6.51. The fourth-order valence-electron chi connectivity index (χ4n) is 2.50. The average molecular weight is 330 g/mol. The van der Waals surface area contributed by atoms with Gasteiger partial charge in [0.2, 0.25) is 11.6 Å². The first-order chi connectivity index (χ1) is 11.2. The van der Waals surface area contributed by atoms with Gasteiger partial charge in [-0.3, -0.25) is 19.2 Å². The van der Waals surface area contributed by atoms with Gasteiger partial charge in [0.1, 0.15) is 12.2 Å². The smallest absolute Gasteiger partial charge is 0.336 e. The van der Waals surface area contributed by atoms with Crippen molar-refractivity contribution in [3.8, 4) is 0 Å². The SMILES string of the molecule is CC(=O)C1=C(O)C(=O)C(C(C)=O)(C(=O)OCc2ccccc2)C1=O. The van der Waals surface area contributed by atoms with E-state index in [2.05, 4.69) is 0 Å². The summed E-state index contributed by atoms with van der Waals surface area (Å²) in [5, 5.41) is 9.75. The Kier molecular flexibility index (Phi) is 4.45. The van der Waals surface area contributed by atoms with E-state index in [1.807, 2.05) is 0 Å². The molecular weight excluding hydrogens is 316 g/mol. The Balaban J connectivity index is 2.38. The lowest BCUT2D eigenvalue weighted by Crippen LogP contribution is -2.50. The molecule has 7 nitrogen and oxygen atoms in total. The van der Waals surface area contributed by atoms with Gasteiger partial charge in [0, 0.05) is 0 Å². The van der Waals surface area contributed by atoms with Gasteiger partial charge in [0.05, 0.1) is 0 Å². The predicted molar refractivity (Wildman–Crippen MR) is 79.7 cm³/mol. The number of carbonyl (C=O) groups is 5. The molecule has 1 atom stereocenters. The van der Waals surface area contributed by atoms with Crippen molar-refractivity contribution in [1.29, 1.82) is 0 Å². The summed E-state index contributed by atoms with van der Waals surface area (Å²) in [5.74, 6) is -7.38. The lowest BCUT2D eigenvalue weighted by Gasteiger charge is -2.20. The molecule has 1 N–H and O–H groups in total. The number of rotatable bonds is 5. The van der Waals surface area contributed by atoms with E-state index in [0.29, 0.717) is 5.56 Å². The third-order valence-corrected chi connectivity index (χ3v) is 3.76. The molecule has 124 valence electrons. The zero-order valence-electron chi connectivity index (χ0n) is 13.0. The van der Waals surface area contributed by atoms with E-state index in [9.17, 15) is 29.1 Å². The molecule has 7 heteroatoms. The fourth-order valence-corrected chi connectivity index (χ4v) is 2.50. The van der Waals surface area contributed by atoms with Crippen LogP contribution >= 0.6 is 0 Å². The number of esters is 1. The van der Waals surface area contributed by atoms with Crippen LogP contribution in [0.1, 0.15) is 19.4 Å². The van der Waals surface area contributed by atoms with Gasteiger partial charge >= 0.3 is 5.97 Å². The Morgan fingerprint density at radius 2 is 1.62 bits per heavy atom. The summed E-state index contributed by atoms with van der Waals surface area (Å²) in [6.07, 6.45) is 0. The summed E-state index contributed by atoms with van der Waals surface area (Å²) in [7, 11) is 0. The van der Waals surface area contributed by atoms with Crippen molar-refractivity contribution in [2.45, 2.75) is 20.5 Å². The highest BCUT2D eigenvalue weighted by Crippen LogP contribution is 2.37. The van der Waals surface area contributed by atoms with E-state index in [4.69, 9.17) is 4.74 Å². The minimum atomic E-state index is -2.85. The van der Waals surface area contributed by atoms with Crippen molar-refractivity contribution in [3.05, 3.63) is 47.2 Å². The molecule has 0 radical (unpaired) electrons. The van der Waals surface area contributed by atoms with E-state index in [1.165, 1.54) is 0 Å². The second-order valence-corrected chi connectivity index (χ2v) is 5.31. The van der Waals surface area contributed by atoms with E-state index in [1.54, 1.807) is 30.3 Å². The number of Topliss-reactive ketones (excluding diaryl/α,β-unsaturated/α-hetero) is 4. The Morgan fingerprint density at radius 3 is 2.08 bits per heavy atom. The Hall–Kier alpha value is -3.09. The van der Waals surface area contributed by atoms with Gasteiger partial charge in [-0.2, -0.15) is 0 Å². The van der Waals surface area contributed by atoms with Crippen molar-refractivity contribution in [1.82, 2.24) is 0 Å². The molecule has 0 spiro atoms. The van der Waals surface area contributed by atoms with Gasteiger partial charge in [-0.25, -0.2) is 4.79 Å². The standard InChI is InChI=1S/C17H14O7/c1-9(18)12-13(20)15(22)17(10(2)19,14(12)21)16(23)24-8-11-6-4-3-5-7-11/h3-7,20H,8H2,1-2H3. The predicted octanol–water partition coefficient (Wildman–Crippen LogP) is 0.858. The molecule has 1 aromatic carbocycles. The number of aliphatic hydroxyl groups excluding tert-OH is 1. The minimum absolute atomic E-state index is 0.272. The molecule has 0 heterocycles. The summed E-state index contributed by atoms with van der Waals surface area (Å²) in [4.78, 5) is 60.5. The topological polar surface area (TPSA) is 115 Å². The fraction of sp³-hybridized carbons (Fsp3) is 0.235. The van der Waals surface area contributed by atoms with Crippen LogP contribution in [0.4, 0.5) is 0 Å². The first kappa shape index (κ1) is 17.3. The summed E-state index contributed by atoms with van der Waals surface area (Å²) in [6.45, 7) is 1.53. The molecule has 0 aliphatic heterocycles. The highest BCUT2D eigenvalue weighted by atomic mass is 16.5. The summed E-state index contributed by atoms with van der Waals surface area (Å²) in [5.41, 5.74) is -3.13. The number of allylic oxidation sites excluding steroid dienone is 2. The van der Waals surface area contributed by atoms with Crippen LogP contribution in [0.2, 0.25) is 0 Å². The lowest BCUT2D eigenvalue weighted by molar-refractivity contribution is -0.165. The first-order valence-corrected chi connectivity index (χ1v) is 7.00. The Labute approximate surface area is 136 Å². The molecule has 0 bridgehead atoms. The van der Waals surface area contributed by atoms with Crippen LogP contribution in [0.5, 0.6) is 0 Å². The van der Waals surface area contributed by atoms with Gasteiger partial charge in [-0.05, 0) is 19.4 Å². The van der Waals surface area contributed by atoms with Crippen LogP contribution in [0.3, 0.4) is 0 Å². The van der Waals surface area contributed by atoms with E-state index in [-0.39, 0.29) is 6.61 Å². The van der Waals surface area contributed by atoms with Crippen LogP contribution in [-0.2, 0) is 35.3 Å². The molecule has 0 amide bonds. The highest BCUT2D eigenvalue weighted by Gasteiger charge is 2.65. The maximum Gasteiger partial charge on any atom is 0.336 e. The number of hydrogen-bond acceptors (Lipinski definition) is 7. The van der Waals surface area contributed by atoms with Gasteiger partial charge in [-0.15, -0.1) is 0 Å². The van der Waals surface area contributed by atoms with Crippen LogP contribution in [0.25, 0.3) is 0 Å². The normalized spacial score (nSPS) is 20.2. The Bertz CT molecular complexity index is 788. The zero-order chi connectivity index (χ0) is 18.1. The molecule has 24 heavy (non-hydrogen) atoms. The second kappa shape index (κ2) is 6.19. The molecule has 0 saturated carbocycles. The number of aliphatic hydroxyl groups is 1. The van der Waals surface area contributed by atoms with Crippen LogP contribution < -0.4 is 0 Å². The zero-order valence-corrected chi connectivity index (χ0v) is 13.0. The number of ether oxygens (including phenoxy) is 1. The van der Waals surface area contributed by atoms with Crippen molar-refractivity contribution in [3.63, 3.8) is 0 Å². The summed E-state index contributed by atoms with van der Waals surface area (Å²) < 4.78 is 4.94. The van der Waals surface area contributed by atoms with E-state index < -0.39 is 45.8 Å². The van der Waals surface area contributed by atoms with Gasteiger partial charge < -0.3 is 9.84 Å². The molecule has 1 aliphatic rings. The molecule has 0 aromatic heterocycles. The summed E-state index contributed by atoms with van der Waals surface area (Å²) >= 11 is 0. The van der Waals surface area contributed by atoms with Crippen molar-refractivity contribution in [2.24, 2.45) is 5.41 Å². The van der Waals surface area contributed by atoms with E-state index >= 15 is 0 Å². The Morgan fingerprint density at radius 1 is 1.04 bits per heavy atom. The number of hydrogen-bond donors (Lipinski definition) is 1. The third-order valence-electron chi connectivity index (χ3n) is 3.76. The number of benzene rings is 1. The number of ketones is 4. The van der Waals surface area contributed by atoms with Crippen LogP contribution in [0, 0.1) is 5.41 Å². The number of carbonyl (C=O) groups excluding carboxylic acids is 5. The average Bonchev–Trinajstić information content (AvgIpc) is 2.73. The molecule has 0 saturated heterocycles. The molecule has 2 rings (SSSR count). The molecular formula is C17H14O7. The van der Waals surface area contributed by atoms with Crippen molar-refractivity contribution < 1.29 is 33.8 Å². The molecule has 1 aliphatic carbocycles. The van der Waals surface area contributed by atoms with Gasteiger partial charge in [0.25, 0.3) is 5.41 Å². The van der Waals surface area contributed by atoms with Gasteiger partial charge in [0.15, 0.2) is 17.3 Å². The largest absolute Gasteiger partial charge is 0.504 e. The second-order valence-electron chi connectivity index (χ2n) is 5.31. The minimum Gasteiger partial charge on any atom is -0.504 e. The lowest BCUT2D eigenvalue weighted by atomic mass is 9.78. The van der Waals surface area contributed by atoms with Crippen LogP contribution in [0.15, 0.2) is 41.7 Å². The van der Waals surface area contributed by atoms with Crippen molar-refractivity contribution in [2.75, 3.05) is 0 Å². The van der Waals surface area contributed by atoms with Gasteiger partial charge in [-0.1, -0.05) is 30.3 Å². The first-order valence-electron chi connectivity index (χ1n) is 7.00. The molecule has 0 fully saturated rings. The summed E-state index contributed by atoms with van der Waals surface area (Å²) in [6, 6.07) is 8.41. The maximum absolute atomic E-state index is 12.4. The van der Waals surface area contributed by atoms with Crippen molar-refractivity contribution >= 4 is 29.1 Å². The van der Waals surface area contributed by atoms with E-state index in [0.717, 1.165) is 13.8 Å². The monoisotopic (exact) mass is 330 g/mol. The quantitative estimate of drug-likeness (QED) is 0.483. The third kappa shape index (κ3) is 2.44. The molecule has 1 aromatic rings. The molecule has 1 unspecified atom stereocenters.